The maximum atomic E-state index is 13.3. The van der Waals surface area contributed by atoms with Gasteiger partial charge in [0, 0.05) is 6.07 Å². The average molecular weight is 298 g/mol. The van der Waals surface area contributed by atoms with E-state index in [1.807, 2.05) is 0 Å². The molecule has 2 rings (SSSR count). The van der Waals surface area contributed by atoms with Gasteiger partial charge in [-0.05, 0) is 36.8 Å². The summed E-state index contributed by atoms with van der Waals surface area (Å²) in [6, 6.07) is 10.1. The van der Waals surface area contributed by atoms with Crippen molar-refractivity contribution in [2.75, 3.05) is 11.9 Å². The van der Waals surface area contributed by atoms with E-state index in [-0.39, 0.29) is 6.61 Å². The van der Waals surface area contributed by atoms with Crippen molar-refractivity contribution in [3.63, 3.8) is 0 Å². The molecule has 0 aromatic heterocycles. The van der Waals surface area contributed by atoms with Crippen LogP contribution in [0.1, 0.15) is 12.5 Å². The number of nitrogens with one attached hydrogen (secondary N) is 1. The molecule has 2 aromatic carbocycles. The van der Waals surface area contributed by atoms with Gasteiger partial charge in [-0.15, -0.1) is 0 Å². The van der Waals surface area contributed by atoms with Crippen molar-refractivity contribution in [1.82, 2.24) is 0 Å². The first kappa shape index (κ1) is 14.8. The highest BCUT2D eigenvalue weighted by Crippen LogP contribution is 2.30. The summed E-state index contributed by atoms with van der Waals surface area (Å²) in [5, 5.41) is 13.1. The molecule has 0 aliphatic rings. The minimum absolute atomic E-state index is 0.303. The van der Waals surface area contributed by atoms with Crippen molar-refractivity contribution in [3.8, 4) is 0 Å². The first-order valence-corrected chi connectivity index (χ1v) is 6.42. The van der Waals surface area contributed by atoms with Gasteiger partial charge in [-0.2, -0.15) is 0 Å². The second-order valence-corrected chi connectivity index (χ2v) is 5.16. The van der Waals surface area contributed by atoms with Crippen LogP contribution in [0.2, 0.25) is 5.02 Å². The van der Waals surface area contributed by atoms with Crippen LogP contribution in [0, 0.1) is 11.6 Å². The van der Waals surface area contributed by atoms with Crippen LogP contribution < -0.4 is 5.32 Å². The Morgan fingerprint density at radius 3 is 2.30 bits per heavy atom. The molecule has 106 valence electrons. The Hall–Kier alpha value is -1.65. The maximum Gasteiger partial charge on any atom is 0.126 e. The van der Waals surface area contributed by atoms with Gasteiger partial charge in [0.25, 0.3) is 0 Å². The lowest BCUT2D eigenvalue weighted by Gasteiger charge is -2.31. The molecule has 0 saturated heterocycles. The first-order valence-electron chi connectivity index (χ1n) is 6.05. The molecule has 0 spiro atoms. The third-order valence-electron chi connectivity index (χ3n) is 3.10. The number of anilines is 1. The number of aliphatic hydroxyl groups is 1. The standard InChI is InChI=1S/C15H14ClF2NO/c1-15(9-20,10-6-11(17)8-12(18)7-10)19-14-5-3-2-4-13(14)16/h2-8,19-20H,9H2,1H3. The van der Waals surface area contributed by atoms with E-state index in [0.29, 0.717) is 16.3 Å². The fraction of sp³-hybridized carbons (Fsp3) is 0.200. The fourth-order valence-corrected chi connectivity index (χ4v) is 2.12. The zero-order valence-corrected chi connectivity index (χ0v) is 11.6. The van der Waals surface area contributed by atoms with Crippen LogP contribution in [0.3, 0.4) is 0 Å². The van der Waals surface area contributed by atoms with Crippen LogP contribution in [0.4, 0.5) is 14.5 Å². The van der Waals surface area contributed by atoms with Crippen molar-refractivity contribution < 1.29 is 13.9 Å². The fourth-order valence-electron chi connectivity index (χ4n) is 1.94. The number of benzene rings is 2. The highest BCUT2D eigenvalue weighted by Gasteiger charge is 2.27. The van der Waals surface area contributed by atoms with E-state index in [9.17, 15) is 13.9 Å². The molecule has 1 atom stereocenters. The van der Waals surface area contributed by atoms with E-state index in [2.05, 4.69) is 5.32 Å². The van der Waals surface area contributed by atoms with Crippen molar-refractivity contribution >= 4 is 17.3 Å². The van der Waals surface area contributed by atoms with Crippen molar-refractivity contribution in [2.45, 2.75) is 12.5 Å². The highest BCUT2D eigenvalue weighted by atomic mass is 35.5. The minimum atomic E-state index is -1.05. The van der Waals surface area contributed by atoms with Gasteiger partial charge in [0.15, 0.2) is 0 Å². The first-order chi connectivity index (χ1) is 9.44. The van der Waals surface area contributed by atoms with Crippen molar-refractivity contribution in [1.29, 1.82) is 0 Å². The summed E-state index contributed by atoms with van der Waals surface area (Å²) in [5.41, 5.74) is -0.165. The molecule has 0 radical (unpaired) electrons. The van der Waals surface area contributed by atoms with Crippen LogP contribution in [0.15, 0.2) is 42.5 Å². The third kappa shape index (κ3) is 3.08. The summed E-state index contributed by atoms with van der Waals surface area (Å²) < 4.78 is 26.7. The molecule has 0 saturated carbocycles. The number of halogens is 3. The Balaban J connectivity index is 2.41. The summed E-state index contributed by atoms with van der Waals surface area (Å²) in [5.74, 6) is -1.39. The van der Waals surface area contributed by atoms with Gasteiger partial charge in [0.05, 0.1) is 22.9 Å². The Morgan fingerprint density at radius 2 is 1.75 bits per heavy atom. The van der Waals surface area contributed by atoms with E-state index in [0.717, 1.165) is 6.07 Å². The molecule has 0 aliphatic carbocycles. The maximum absolute atomic E-state index is 13.3. The predicted octanol–water partition coefficient (Wildman–Crippen LogP) is 3.94. The van der Waals surface area contributed by atoms with Gasteiger partial charge in [0.1, 0.15) is 11.6 Å². The van der Waals surface area contributed by atoms with Gasteiger partial charge < -0.3 is 10.4 Å². The molecule has 20 heavy (non-hydrogen) atoms. The third-order valence-corrected chi connectivity index (χ3v) is 3.43. The van der Waals surface area contributed by atoms with Crippen LogP contribution in [-0.4, -0.2) is 11.7 Å². The van der Waals surface area contributed by atoms with Gasteiger partial charge in [-0.25, -0.2) is 8.78 Å². The predicted molar refractivity (Wildman–Crippen MR) is 75.9 cm³/mol. The lowest BCUT2D eigenvalue weighted by Crippen LogP contribution is -2.36. The topological polar surface area (TPSA) is 32.3 Å². The van der Waals surface area contributed by atoms with Crippen LogP contribution in [0.5, 0.6) is 0 Å². The molecule has 2 aromatic rings. The van der Waals surface area contributed by atoms with Gasteiger partial charge in [-0.3, -0.25) is 0 Å². The quantitative estimate of drug-likeness (QED) is 0.896. The summed E-state index contributed by atoms with van der Waals surface area (Å²) in [4.78, 5) is 0. The molecular formula is C15H14ClF2NO. The van der Waals surface area contributed by atoms with Crippen LogP contribution in [-0.2, 0) is 5.54 Å². The number of hydrogen-bond donors (Lipinski definition) is 2. The summed E-state index contributed by atoms with van der Waals surface area (Å²) in [6.07, 6.45) is 0. The molecule has 0 amide bonds. The Morgan fingerprint density at radius 1 is 1.15 bits per heavy atom. The number of rotatable bonds is 4. The van der Waals surface area contributed by atoms with E-state index in [1.165, 1.54) is 12.1 Å². The summed E-state index contributed by atoms with van der Waals surface area (Å²) in [7, 11) is 0. The number of aliphatic hydroxyl groups excluding tert-OH is 1. The zero-order valence-electron chi connectivity index (χ0n) is 10.8. The molecule has 0 bridgehead atoms. The Kier molecular flexibility index (Phi) is 4.26. The Bertz CT molecular complexity index is 600. The molecule has 1 unspecified atom stereocenters. The smallest absolute Gasteiger partial charge is 0.126 e. The molecule has 0 heterocycles. The number of para-hydroxylation sites is 1. The van der Waals surface area contributed by atoms with Crippen molar-refractivity contribution in [3.05, 3.63) is 64.7 Å². The Labute approximate surface area is 121 Å². The molecule has 0 aliphatic heterocycles. The normalized spacial score (nSPS) is 13.8. The van der Waals surface area contributed by atoms with Gasteiger partial charge >= 0.3 is 0 Å². The zero-order chi connectivity index (χ0) is 14.8. The largest absolute Gasteiger partial charge is 0.394 e. The molecule has 2 nitrogen and oxygen atoms in total. The van der Waals surface area contributed by atoms with Crippen molar-refractivity contribution in [2.24, 2.45) is 0 Å². The lowest BCUT2D eigenvalue weighted by atomic mass is 9.92. The summed E-state index contributed by atoms with van der Waals surface area (Å²) in [6.45, 7) is 1.30. The van der Waals surface area contributed by atoms with E-state index < -0.39 is 17.2 Å². The second kappa shape index (κ2) is 5.77. The molecule has 5 heteroatoms. The van der Waals surface area contributed by atoms with E-state index in [4.69, 9.17) is 11.6 Å². The second-order valence-electron chi connectivity index (χ2n) is 4.75. The average Bonchev–Trinajstić information content (AvgIpc) is 2.40. The van der Waals surface area contributed by atoms with Crippen LogP contribution >= 0.6 is 11.6 Å². The van der Waals surface area contributed by atoms with Gasteiger partial charge in [-0.1, -0.05) is 23.7 Å². The molecule has 2 N–H and O–H groups in total. The minimum Gasteiger partial charge on any atom is -0.394 e. The highest BCUT2D eigenvalue weighted by molar-refractivity contribution is 6.33. The van der Waals surface area contributed by atoms with E-state index in [1.54, 1.807) is 31.2 Å². The SMILES string of the molecule is CC(CO)(Nc1ccccc1Cl)c1cc(F)cc(F)c1. The lowest BCUT2D eigenvalue weighted by molar-refractivity contribution is 0.223. The van der Waals surface area contributed by atoms with Gasteiger partial charge in [0.2, 0.25) is 0 Å². The monoisotopic (exact) mass is 297 g/mol. The summed E-state index contributed by atoms with van der Waals surface area (Å²) >= 11 is 6.04. The number of hydrogen-bond acceptors (Lipinski definition) is 2. The van der Waals surface area contributed by atoms with Crippen LogP contribution in [0.25, 0.3) is 0 Å². The van der Waals surface area contributed by atoms with E-state index >= 15 is 0 Å². The molecule has 0 fully saturated rings. The molecular weight excluding hydrogens is 284 g/mol.